The van der Waals surface area contributed by atoms with Crippen LogP contribution in [-0.2, 0) is 14.4 Å². The van der Waals surface area contributed by atoms with Gasteiger partial charge >= 0.3 is 12.0 Å². The van der Waals surface area contributed by atoms with Gasteiger partial charge in [-0.2, -0.15) is 0 Å². The van der Waals surface area contributed by atoms with Crippen LogP contribution in [0.25, 0.3) is 0 Å². The van der Waals surface area contributed by atoms with E-state index in [2.05, 4.69) is 0 Å². The molecule has 0 aromatic heterocycles. The molecular weight excluding hydrogens is 354 g/mol. The van der Waals surface area contributed by atoms with Gasteiger partial charge in [-0.1, -0.05) is 6.07 Å². The average Bonchev–Trinajstić information content (AvgIpc) is 2.91. The highest BCUT2D eigenvalue weighted by atomic mass is 16.5. The zero-order chi connectivity index (χ0) is 19.6. The van der Waals surface area contributed by atoms with Gasteiger partial charge in [0.25, 0.3) is 5.91 Å². The molecule has 27 heavy (non-hydrogen) atoms. The topological polar surface area (TPSA) is 107 Å². The molecule has 9 nitrogen and oxygen atoms in total. The van der Waals surface area contributed by atoms with Gasteiger partial charge in [0, 0.05) is 32.0 Å². The molecule has 2 saturated heterocycles. The predicted octanol–water partition coefficient (Wildman–Crippen LogP) is 0.929. The number of methoxy groups -OCH3 is 1. The summed E-state index contributed by atoms with van der Waals surface area (Å²) in [6.07, 6.45) is 0.290. The zero-order valence-corrected chi connectivity index (χ0v) is 15.0. The highest BCUT2D eigenvalue weighted by Crippen LogP contribution is 2.29. The van der Waals surface area contributed by atoms with Gasteiger partial charge in [0.1, 0.15) is 11.8 Å². The minimum absolute atomic E-state index is 0.0732. The van der Waals surface area contributed by atoms with E-state index in [0.29, 0.717) is 18.0 Å². The van der Waals surface area contributed by atoms with Crippen molar-refractivity contribution in [3.8, 4) is 5.75 Å². The van der Waals surface area contributed by atoms with Crippen LogP contribution in [0.2, 0.25) is 0 Å². The van der Waals surface area contributed by atoms with Crippen LogP contribution in [0.1, 0.15) is 19.3 Å². The molecule has 1 N–H and O–H groups in total. The van der Waals surface area contributed by atoms with Crippen molar-refractivity contribution in [2.75, 3.05) is 31.6 Å². The molecule has 0 spiro atoms. The number of fused-ring (bicyclic) bond motifs is 1. The van der Waals surface area contributed by atoms with E-state index in [-0.39, 0.29) is 44.2 Å². The number of rotatable bonds is 6. The molecule has 1 aromatic rings. The first-order valence-corrected chi connectivity index (χ1v) is 8.70. The van der Waals surface area contributed by atoms with Crippen molar-refractivity contribution in [3.63, 3.8) is 0 Å². The summed E-state index contributed by atoms with van der Waals surface area (Å²) in [6.45, 7) is 0.713. The SMILES string of the molecule is COc1cccc(N2C(=O)C3CN(C(=O)CCCC(=O)O)CCN3C2=O)c1. The monoisotopic (exact) mass is 375 g/mol. The van der Waals surface area contributed by atoms with Crippen molar-refractivity contribution in [3.05, 3.63) is 24.3 Å². The molecule has 1 atom stereocenters. The normalized spacial score (nSPS) is 19.3. The number of carboxylic acid groups (broad SMARTS) is 1. The predicted molar refractivity (Wildman–Crippen MR) is 94.4 cm³/mol. The maximum Gasteiger partial charge on any atom is 0.332 e. The zero-order valence-electron chi connectivity index (χ0n) is 15.0. The third-order valence-electron chi connectivity index (χ3n) is 4.77. The lowest BCUT2D eigenvalue weighted by Gasteiger charge is -2.35. The molecule has 2 aliphatic heterocycles. The lowest BCUT2D eigenvalue weighted by molar-refractivity contribution is -0.137. The first-order chi connectivity index (χ1) is 12.9. The third kappa shape index (κ3) is 3.71. The van der Waals surface area contributed by atoms with Crippen LogP contribution in [0.4, 0.5) is 10.5 Å². The number of benzene rings is 1. The van der Waals surface area contributed by atoms with Gasteiger partial charge in [0.2, 0.25) is 5.91 Å². The van der Waals surface area contributed by atoms with Crippen molar-refractivity contribution in [2.45, 2.75) is 25.3 Å². The summed E-state index contributed by atoms with van der Waals surface area (Å²) < 4.78 is 5.15. The Bertz CT molecular complexity index is 780. The quantitative estimate of drug-likeness (QED) is 0.741. The van der Waals surface area contributed by atoms with E-state index in [0.717, 1.165) is 4.90 Å². The lowest BCUT2D eigenvalue weighted by Crippen LogP contribution is -2.54. The van der Waals surface area contributed by atoms with Crippen molar-refractivity contribution < 1.29 is 29.0 Å². The number of hydrogen-bond donors (Lipinski definition) is 1. The number of hydrogen-bond acceptors (Lipinski definition) is 5. The summed E-state index contributed by atoms with van der Waals surface area (Å²) in [7, 11) is 1.50. The van der Waals surface area contributed by atoms with Gasteiger partial charge in [-0.3, -0.25) is 14.4 Å². The summed E-state index contributed by atoms with van der Waals surface area (Å²) in [4.78, 5) is 52.5. The Morgan fingerprint density at radius 2 is 2.00 bits per heavy atom. The molecular formula is C18H21N3O6. The molecule has 9 heteroatoms. The number of piperazine rings is 1. The van der Waals surface area contributed by atoms with Crippen LogP contribution >= 0.6 is 0 Å². The Morgan fingerprint density at radius 1 is 1.22 bits per heavy atom. The van der Waals surface area contributed by atoms with Gasteiger partial charge in [-0.05, 0) is 18.6 Å². The largest absolute Gasteiger partial charge is 0.497 e. The highest BCUT2D eigenvalue weighted by Gasteiger charge is 2.48. The van der Waals surface area contributed by atoms with E-state index >= 15 is 0 Å². The van der Waals surface area contributed by atoms with E-state index < -0.39 is 18.0 Å². The second kappa shape index (κ2) is 7.65. The molecule has 3 rings (SSSR count). The Labute approximate surface area is 156 Å². The number of amides is 4. The van der Waals surface area contributed by atoms with E-state index in [1.807, 2.05) is 0 Å². The molecule has 2 aliphatic rings. The summed E-state index contributed by atoms with van der Waals surface area (Å²) >= 11 is 0. The minimum atomic E-state index is -0.946. The third-order valence-corrected chi connectivity index (χ3v) is 4.77. The van der Waals surface area contributed by atoms with E-state index in [4.69, 9.17) is 9.84 Å². The Balaban J connectivity index is 1.70. The van der Waals surface area contributed by atoms with Crippen molar-refractivity contribution >= 4 is 29.5 Å². The van der Waals surface area contributed by atoms with Crippen LogP contribution in [0.15, 0.2) is 24.3 Å². The number of nitrogens with zero attached hydrogens (tertiary/aromatic N) is 3. The van der Waals surface area contributed by atoms with E-state index in [1.54, 1.807) is 24.3 Å². The van der Waals surface area contributed by atoms with Crippen molar-refractivity contribution in [2.24, 2.45) is 0 Å². The first-order valence-electron chi connectivity index (χ1n) is 8.70. The summed E-state index contributed by atoms with van der Waals surface area (Å²) in [5.74, 6) is -0.987. The van der Waals surface area contributed by atoms with Crippen LogP contribution < -0.4 is 9.64 Å². The Kier molecular flexibility index (Phi) is 5.29. The number of carbonyl (C=O) groups excluding carboxylic acids is 3. The van der Waals surface area contributed by atoms with Gasteiger partial charge < -0.3 is 19.6 Å². The van der Waals surface area contributed by atoms with Crippen LogP contribution in [0, 0.1) is 0 Å². The molecule has 144 valence electrons. The lowest BCUT2D eigenvalue weighted by atomic mass is 10.1. The molecule has 4 amide bonds. The molecule has 0 aliphatic carbocycles. The fourth-order valence-corrected chi connectivity index (χ4v) is 3.36. The summed E-state index contributed by atoms with van der Waals surface area (Å²) in [5.41, 5.74) is 0.429. The number of aliphatic carboxylic acids is 1. The van der Waals surface area contributed by atoms with Gasteiger partial charge in [-0.15, -0.1) is 0 Å². The van der Waals surface area contributed by atoms with Gasteiger partial charge in [0.15, 0.2) is 0 Å². The summed E-state index contributed by atoms with van der Waals surface area (Å²) in [5, 5.41) is 8.67. The molecule has 2 fully saturated rings. The molecule has 1 unspecified atom stereocenters. The Hall–Kier alpha value is -3.10. The molecule has 2 heterocycles. The Morgan fingerprint density at radius 3 is 2.70 bits per heavy atom. The van der Waals surface area contributed by atoms with Gasteiger partial charge in [-0.25, -0.2) is 9.69 Å². The first kappa shape index (κ1) is 18.7. The summed E-state index contributed by atoms with van der Waals surface area (Å²) in [6, 6.07) is 5.57. The van der Waals surface area contributed by atoms with Crippen molar-refractivity contribution in [1.29, 1.82) is 0 Å². The second-order valence-corrected chi connectivity index (χ2v) is 6.45. The molecule has 0 radical (unpaired) electrons. The number of imide groups is 1. The van der Waals surface area contributed by atoms with Crippen LogP contribution in [0.5, 0.6) is 5.75 Å². The van der Waals surface area contributed by atoms with Gasteiger partial charge in [0.05, 0.1) is 19.3 Å². The maximum atomic E-state index is 12.8. The van der Waals surface area contributed by atoms with Crippen molar-refractivity contribution in [1.82, 2.24) is 9.80 Å². The molecule has 1 aromatic carbocycles. The average molecular weight is 375 g/mol. The number of carboxylic acids is 1. The number of carbonyl (C=O) groups is 4. The molecule has 0 bridgehead atoms. The fraction of sp³-hybridized carbons (Fsp3) is 0.444. The maximum absolute atomic E-state index is 12.8. The fourth-order valence-electron chi connectivity index (χ4n) is 3.36. The smallest absolute Gasteiger partial charge is 0.332 e. The van der Waals surface area contributed by atoms with E-state index in [1.165, 1.54) is 16.9 Å². The number of ether oxygens (including phenoxy) is 1. The standard InChI is InChI=1S/C18H21N3O6/c1-27-13-5-2-4-12(10-13)21-17(25)14-11-19(8-9-20(14)18(21)26)15(22)6-3-7-16(23)24/h2,4-5,10,14H,3,6-9,11H2,1H3,(H,23,24). The second-order valence-electron chi connectivity index (χ2n) is 6.45. The number of anilines is 1. The van der Waals surface area contributed by atoms with Crippen LogP contribution in [-0.4, -0.2) is 71.5 Å². The molecule has 0 saturated carbocycles. The minimum Gasteiger partial charge on any atom is -0.497 e. The number of urea groups is 1. The van der Waals surface area contributed by atoms with E-state index in [9.17, 15) is 19.2 Å². The highest BCUT2D eigenvalue weighted by molar-refractivity contribution is 6.21. The van der Waals surface area contributed by atoms with Crippen LogP contribution in [0.3, 0.4) is 0 Å².